The van der Waals surface area contributed by atoms with Crippen LogP contribution in [-0.4, -0.2) is 158 Å². The monoisotopic (exact) mass is 1040 g/mol. The van der Waals surface area contributed by atoms with Crippen molar-refractivity contribution in [2.75, 3.05) is 75.2 Å². The fourth-order valence-electron chi connectivity index (χ4n) is 10.2. The van der Waals surface area contributed by atoms with Crippen LogP contribution in [0, 0.1) is 18.3 Å². The van der Waals surface area contributed by atoms with E-state index >= 15 is 0 Å². The molecular formula is C51H69ClN12O6S2. The van der Waals surface area contributed by atoms with Crippen LogP contribution in [0.25, 0.3) is 10.4 Å². The fourth-order valence-corrected chi connectivity index (χ4v) is 12.1. The number of rotatable bonds is 14. The van der Waals surface area contributed by atoms with Crippen molar-refractivity contribution in [1.29, 1.82) is 0 Å². The number of carbonyl (C=O) groups is 4. The average Bonchev–Trinajstić information content (AvgIpc) is 3.98. The molecule has 4 aliphatic rings. The van der Waals surface area contributed by atoms with Crippen molar-refractivity contribution in [3.8, 4) is 10.4 Å². The third-order valence-corrected chi connectivity index (χ3v) is 16.9. The maximum absolute atomic E-state index is 14.3. The van der Waals surface area contributed by atoms with Crippen molar-refractivity contribution < 1.29 is 29.4 Å². The summed E-state index contributed by atoms with van der Waals surface area (Å²) in [6.45, 7) is 16.2. The fraction of sp³-hybridized carbons (Fsp3) is 0.569. The molecule has 4 amide bonds. The number of hydrogen-bond donors (Lipinski definition) is 5. The summed E-state index contributed by atoms with van der Waals surface area (Å²) >= 11 is 9.97. The molecule has 388 valence electrons. The van der Waals surface area contributed by atoms with Crippen molar-refractivity contribution >= 4 is 70.0 Å². The summed E-state index contributed by atoms with van der Waals surface area (Å²) in [5.41, 5.74) is 10.7. The van der Waals surface area contributed by atoms with Gasteiger partial charge in [0, 0.05) is 101 Å². The third-order valence-electron chi connectivity index (χ3n) is 14.4. The number of aromatic nitrogens is 4. The molecule has 0 saturated carbocycles. The van der Waals surface area contributed by atoms with Crippen molar-refractivity contribution in [3.63, 3.8) is 0 Å². The van der Waals surface area contributed by atoms with E-state index in [-0.39, 0.29) is 48.8 Å². The molecule has 4 atom stereocenters. The minimum Gasteiger partial charge on any atom is -0.391 e. The van der Waals surface area contributed by atoms with Crippen LogP contribution in [0.3, 0.4) is 0 Å². The van der Waals surface area contributed by atoms with E-state index in [2.05, 4.69) is 42.2 Å². The molecular weight excluding hydrogens is 976 g/mol. The van der Waals surface area contributed by atoms with Gasteiger partial charge in [0.1, 0.15) is 28.6 Å². The number of carbonyl (C=O) groups excluding carboxylic acids is 4. The quantitative estimate of drug-likeness (QED) is 0.116. The van der Waals surface area contributed by atoms with E-state index in [1.807, 2.05) is 68.4 Å². The number of hydrogen-bond acceptors (Lipinski definition) is 16. The summed E-state index contributed by atoms with van der Waals surface area (Å²) in [5.74, 6) is 0.182. The highest BCUT2D eigenvalue weighted by Crippen LogP contribution is 2.39. The molecule has 0 radical (unpaired) electrons. The molecule has 0 bridgehead atoms. The van der Waals surface area contributed by atoms with E-state index in [4.69, 9.17) is 27.3 Å². The molecule has 7 heterocycles. The number of β-amino-alcohol motifs (C(OH)–C–C–N with tert-alkyl or cyclic N) is 1. The van der Waals surface area contributed by atoms with Gasteiger partial charge in [-0.15, -0.1) is 11.3 Å². The number of amides is 4. The van der Waals surface area contributed by atoms with Crippen molar-refractivity contribution in [3.05, 3.63) is 70.2 Å². The number of piperidine rings is 2. The SMILES string of the molecule is CC(=O)N[C@H](C(=O)N1C[C@H](O)C[C@H]1C(=O)N[C@@H](CN1CCN(C(=O)C2CCN(c3nccc(Sc4cnc(N5CCC(C)(N)CC5)c(CO)n4)c3Cl)CC2)CC1)c1ccc(-c2scnc2C)cc1)C(C)(C)C. The number of likely N-dealkylation sites (tertiary alicyclic amines) is 1. The molecule has 4 aromatic rings. The lowest BCUT2D eigenvalue weighted by Gasteiger charge is -2.40. The highest BCUT2D eigenvalue weighted by molar-refractivity contribution is 7.99. The molecule has 6 N–H and O–H groups in total. The highest BCUT2D eigenvalue weighted by Gasteiger charge is 2.45. The van der Waals surface area contributed by atoms with Crippen molar-refractivity contribution in [2.45, 2.75) is 120 Å². The van der Waals surface area contributed by atoms with Gasteiger partial charge in [0.05, 0.1) is 46.1 Å². The first-order chi connectivity index (χ1) is 34.3. The predicted molar refractivity (Wildman–Crippen MR) is 280 cm³/mol. The summed E-state index contributed by atoms with van der Waals surface area (Å²) in [4.78, 5) is 84.9. The van der Waals surface area contributed by atoms with Gasteiger partial charge in [-0.3, -0.25) is 24.1 Å². The first kappa shape index (κ1) is 53.3. The van der Waals surface area contributed by atoms with Crippen LogP contribution in [0.1, 0.15) is 89.7 Å². The molecule has 4 saturated heterocycles. The Balaban J connectivity index is 0.882. The lowest BCUT2D eigenvalue weighted by molar-refractivity contribution is -0.144. The average molecular weight is 1050 g/mol. The van der Waals surface area contributed by atoms with Gasteiger partial charge >= 0.3 is 0 Å². The Labute approximate surface area is 435 Å². The molecule has 72 heavy (non-hydrogen) atoms. The molecule has 0 spiro atoms. The molecule has 3 aromatic heterocycles. The van der Waals surface area contributed by atoms with Gasteiger partial charge in [-0.2, -0.15) is 0 Å². The van der Waals surface area contributed by atoms with Crippen LogP contribution in [-0.2, 0) is 25.8 Å². The topological polar surface area (TPSA) is 227 Å². The molecule has 4 aliphatic heterocycles. The Kier molecular flexibility index (Phi) is 16.8. The number of anilines is 2. The van der Waals surface area contributed by atoms with Gasteiger partial charge in [-0.05, 0) is 62.1 Å². The van der Waals surface area contributed by atoms with Crippen LogP contribution in [0.4, 0.5) is 11.6 Å². The van der Waals surface area contributed by atoms with E-state index in [0.29, 0.717) is 86.0 Å². The smallest absolute Gasteiger partial charge is 0.246 e. The summed E-state index contributed by atoms with van der Waals surface area (Å²) in [5, 5.41) is 28.2. The first-order valence-corrected chi connectivity index (χ1v) is 27.0. The third kappa shape index (κ3) is 12.5. The molecule has 8 rings (SSSR count). The number of pyridine rings is 1. The zero-order valence-corrected chi connectivity index (χ0v) is 44.5. The van der Waals surface area contributed by atoms with Crippen molar-refractivity contribution in [1.82, 2.24) is 45.3 Å². The molecule has 1 aromatic carbocycles. The number of aliphatic hydroxyl groups excluding tert-OH is 2. The Morgan fingerprint density at radius 2 is 1.62 bits per heavy atom. The second kappa shape index (κ2) is 22.7. The summed E-state index contributed by atoms with van der Waals surface area (Å²) in [7, 11) is 0. The Hall–Kier alpha value is -4.96. The number of nitrogens with two attached hydrogens (primary N) is 1. The van der Waals surface area contributed by atoms with Gasteiger partial charge in [-0.25, -0.2) is 19.9 Å². The predicted octanol–water partition coefficient (Wildman–Crippen LogP) is 4.65. The number of thiazole rings is 1. The lowest BCUT2D eigenvalue weighted by atomic mass is 9.85. The largest absolute Gasteiger partial charge is 0.391 e. The van der Waals surface area contributed by atoms with Gasteiger partial charge < -0.3 is 46.2 Å². The number of benzene rings is 1. The summed E-state index contributed by atoms with van der Waals surface area (Å²) in [6, 6.07) is 7.64. The second-order valence-electron chi connectivity index (χ2n) is 21.1. The van der Waals surface area contributed by atoms with E-state index < -0.39 is 35.6 Å². The van der Waals surface area contributed by atoms with E-state index in [1.54, 1.807) is 23.7 Å². The zero-order chi connectivity index (χ0) is 51.5. The van der Waals surface area contributed by atoms with Crippen LogP contribution >= 0.6 is 34.7 Å². The normalized spacial score (nSPS) is 20.9. The number of halogens is 1. The maximum Gasteiger partial charge on any atom is 0.246 e. The minimum absolute atomic E-state index is 0.0166. The Bertz CT molecular complexity index is 2570. The summed E-state index contributed by atoms with van der Waals surface area (Å²) in [6.07, 6.45) is 5.59. The van der Waals surface area contributed by atoms with Gasteiger partial charge in [0.15, 0.2) is 5.82 Å². The van der Waals surface area contributed by atoms with Gasteiger partial charge in [-0.1, -0.05) is 68.4 Å². The van der Waals surface area contributed by atoms with Crippen LogP contribution in [0.15, 0.2) is 58.2 Å². The van der Waals surface area contributed by atoms with E-state index in [0.717, 1.165) is 52.5 Å². The van der Waals surface area contributed by atoms with Crippen molar-refractivity contribution in [2.24, 2.45) is 17.1 Å². The number of nitrogens with one attached hydrogen (secondary N) is 2. The second-order valence-corrected chi connectivity index (χ2v) is 23.4. The Morgan fingerprint density at radius 1 is 0.944 bits per heavy atom. The van der Waals surface area contributed by atoms with Crippen LogP contribution < -0.4 is 26.2 Å². The summed E-state index contributed by atoms with van der Waals surface area (Å²) < 4.78 is 0. The zero-order valence-electron chi connectivity index (χ0n) is 42.1. The van der Waals surface area contributed by atoms with Gasteiger partial charge in [0.25, 0.3) is 0 Å². The number of aliphatic hydroxyl groups is 2. The number of aryl methyl sites for hydroxylation is 1. The standard InChI is InChI=1S/C51H69ClN12O6S2/c1-31-43(71-30-56-31)34-9-7-33(8-10-34)37(59-47(68)39-25-36(67)27-64(39)49(70)44(50(3,4)5)57-32(2)66)28-60-21-23-63(24-22-60)48(69)35-12-17-61(18-13-35)46-42(52)40(11-16-54-46)72-41-26-55-45(38(29-65)58-41)62-19-14-51(6,53)15-20-62/h7-11,16,26,30,35-37,39,44,65,67H,12-15,17-25,27-29,53H2,1-6H3,(H,57,66)(H,59,68)/t36-,37+,39+,44-/m1/s1. The molecule has 0 aliphatic carbocycles. The lowest BCUT2D eigenvalue weighted by Crippen LogP contribution is -2.58. The van der Waals surface area contributed by atoms with Crippen LogP contribution in [0.2, 0.25) is 5.02 Å². The molecule has 18 nitrogen and oxygen atoms in total. The highest BCUT2D eigenvalue weighted by atomic mass is 35.5. The van der Waals surface area contributed by atoms with Crippen LogP contribution in [0.5, 0.6) is 0 Å². The molecule has 21 heteroatoms. The van der Waals surface area contributed by atoms with E-state index in [9.17, 15) is 29.4 Å². The Morgan fingerprint density at radius 3 is 2.25 bits per heavy atom. The minimum atomic E-state index is -0.934. The number of piperazine rings is 1. The first-order valence-electron chi connectivity index (χ1n) is 24.9. The maximum atomic E-state index is 14.3. The van der Waals surface area contributed by atoms with E-state index in [1.165, 1.54) is 23.6 Å². The number of nitrogens with zero attached hydrogens (tertiary/aromatic N) is 9. The molecule has 0 unspecified atom stereocenters. The van der Waals surface area contributed by atoms with Gasteiger partial charge in [0.2, 0.25) is 23.6 Å². The molecule has 4 fully saturated rings.